The van der Waals surface area contributed by atoms with Crippen LogP contribution in [0.25, 0.3) is 22.0 Å². The number of phenolic OH excluding ortho intramolecular Hbond substituents is 1. The summed E-state index contributed by atoms with van der Waals surface area (Å²) in [5.74, 6) is -8.09. The molecule has 1 atom stereocenters. The Morgan fingerprint density at radius 2 is 1.56 bits per heavy atom. The maximum absolute atomic E-state index is 15.0. The van der Waals surface area contributed by atoms with Crippen molar-refractivity contribution in [2.24, 2.45) is 0 Å². The fourth-order valence-corrected chi connectivity index (χ4v) is 6.40. The number of likely N-dealkylation sites (tertiary alicyclic amines) is 1. The number of para-hydroxylation sites is 1. The summed E-state index contributed by atoms with van der Waals surface area (Å²) in [4.78, 5) is 41.3. The Labute approximate surface area is 306 Å². The number of piperidine rings is 1. The largest absolute Gasteiger partial charge is 0.506 e. The number of aromatic hydroxyl groups is 1. The lowest BCUT2D eigenvalue weighted by Gasteiger charge is -2.31. The van der Waals surface area contributed by atoms with Crippen LogP contribution in [0.4, 0.5) is 33.7 Å². The highest BCUT2D eigenvalue weighted by molar-refractivity contribution is 5.92. The van der Waals surface area contributed by atoms with Crippen LogP contribution in [0.5, 0.6) is 5.75 Å². The number of aromatic amines is 1. The molecule has 4 aromatic carbocycles. The molecule has 54 heavy (non-hydrogen) atoms. The first-order chi connectivity index (χ1) is 26.0. The number of anilines is 2. The number of phenols is 1. The summed E-state index contributed by atoms with van der Waals surface area (Å²) < 4.78 is 65.5. The van der Waals surface area contributed by atoms with Gasteiger partial charge < -0.3 is 35.5 Å². The van der Waals surface area contributed by atoms with Crippen molar-refractivity contribution >= 4 is 34.3 Å². The first-order valence-electron chi connectivity index (χ1n) is 17.2. The van der Waals surface area contributed by atoms with Crippen LogP contribution in [0.2, 0.25) is 0 Å². The molecule has 0 saturated carbocycles. The van der Waals surface area contributed by atoms with E-state index in [9.17, 15) is 42.2 Å². The molecule has 0 bridgehead atoms. The summed E-state index contributed by atoms with van der Waals surface area (Å²) in [5.41, 5.74) is 0.0202. The number of nitrogens with zero attached hydrogens (tertiary/aromatic N) is 1. The summed E-state index contributed by atoms with van der Waals surface area (Å²) in [6, 6.07) is 22.2. The molecule has 1 aromatic heterocycles. The maximum atomic E-state index is 15.0. The van der Waals surface area contributed by atoms with Gasteiger partial charge in [-0.3, -0.25) is 14.9 Å². The minimum Gasteiger partial charge on any atom is -0.506 e. The first kappa shape index (κ1) is 38.0. The average molecular weight is 748 g/mol. The number of aromatic nitrogens is 1. The molecule has 0 radical (unpaired) electrons. The van der Waals surface area contributed by atoms with Crippen molar-refractivity contribution in [1.82, 2.24) is 15.2 Å². The molecule has 0 aliphatic carbocycles. The molecular formula is C39H37F4N5O6. The number of rotatable bonds is 12. The molecule has 11 nitrogen and oxygen atoms in total. The number of nitrogens with one attached hydrogen (secondary N) is 4. The van der Waals surface area contributed by atoms with Crippen LogP contribution in [0.1, 0.15) is 36.5 Å². The number of hydrogen-bond donors (Lipinski definition) is 6. The van der Waals surface area contributed by atoms with E-state index in [0.29, 0.717) is 37.0 Å². The molecular weight excluding hydrogens is 710 g/mol. The Kier molecular flexibility index (Phi) is 11.9. The average Bonchev–Trinajstić information content (AvgIpc) is 3.17. The Morgan fingerprint density at radius 3 is 2.28 bits per heavy atom. The predicted molar refractivity (Wildman–Crippen MR) is 194 cm³/mol. The van der Waals surface area contributed by atoms with Crippen LogP contribution in [0.15, 0.2) is 83.7 Å². The van der Waals surface area contributed by atoms with Gasteiger partial charge in [0.05, 0.1) is 17.3 Å². The van der Waals surface area contributed by atoms with Crippen LogP contribution in [-0.2, 0) is 16.1 Å². The molecule has 0 unspecified atom stereocenters. The maximum Gasteiger partial charge on any atom is 0.411 e. The Morgan fingerprint density at radius 1 is 0.870 bits per heavy atom. The highest BCUT2D eigenvalue weighted by atomic mass is 19.2. The van der Waals surface area contributed by atoms with Crippen molar-refractivity contribution in [2.45, 2.75) is 38.0 Å². The van der Waals surface area contributed by atoms with Gasteiger partial charge in [-0.15, -0.1) is 0 Å². The van der Waals surface area contributed by atoms with Crippen LogP contribution < -0.4 is 21.5 Å². The molecule has 5 aromatic rings. The standard InChI is InChI=1S/C39H37F4N5O6/c40-33-27(20-44-21-30(50)25-10-12-29(49)37-26(25)11-13-31(51)46-37)34(41)36(43)38(35(33)42)47-32(52)16-19-48-17-14-23(15-18-48)54-39(53)45-28-9-5-4-8-24(28)22-6-2-1-3-7-22/h1-13,23,30,44,49-50H,14-21H2,(H,45,53)(H,46,51)(H,47,52)/t30-/m1/s1. The molecule has 1 aliphatic rings. The van der Waals surface area contributed by atoms with Gasteiger partial charge in [0.25, 0.3) is 0 Å². The second kappa shape index (κ2) is 16.9. The monoisotopic (exact) mass is 747 g/mol. The lowest BCUT2D eigenvalue weighted by atomic mass is 10.0. The summed E-state index contributed by atoms with van der Waals surface area (Å²) in [5, 5.41) is 28.3. The van der Waals surface area contributed by atoms with E-state index < -0.39 is 64.7 Å². The number of H-pyrrole nitrogens is 1. The molecule has 6 rings (SSSR count). The van der Waals surface area contributed by atoms with Gasteiger partial charge in [0.15, 0.2) is 23.3 Å². The summed E-state index contributed by atoms with van der Waals surface area (Å²) in [7, 11) is 0. The highest BCUT2D eigenvalue weighted by Gasteiger charge is 2.28. The Bertz CT molecular complexity index is 2180. The van der Waals surface area contributed by atoms with E-state index in [1.807, 2.05) is 58.7 Å². The Hall–Kier alpha value is -5.77. The lowest BCUT2D eigenvalue weighted by Crippen LogP contribution is -2.39. The second-order valence-electron chi connectivity index (χ2n) is 12.8. The van der Waals surface area contributed by atoms with E-state index in [-0.39, 0.29) is 42.4 Å². The van der Waals surface area contributed by atoms with Crippen LogP contribution >= 0.6 is 0 Å². The van der Waals surface area contributed by atoms with Crippen LogP contribution in [0.3, 0.4) is 0 Å². The zero-order valence-electron chi connectivity index (χ0n) is 28.8. The summed E-state index contributed by atoms with van der Waals surface area (Å²) >= 11 is 0. The number of aliphatic hydroxyl groups excluding tert-OH is 1. The fourth-order valence-electron chi connectivity index (χ4n) is 6.40. The van der Waals surface area contributed by atoms with Crippen molar-refractivity contribution in [2.75, 3.05) is 36.8 Å². The third kappa shape index (κ3) is 8.71. The zero-order chi connectivity index (χ0) is 38.4. The van der Waals surface area contributed by atoms with Gasteiger partial charge >= 0.3 is 6.09 Å². The molecule has 0 spiro atoms. The van der Waals surface area contributed by atoms with E-state index in [1.165, 1.54) is 24.3 Å². The van der Waals surface area contributed by atoms with Gasteiger partial charge in [0.1, 0.15) is 17.5 Å². The number of carbonyl (C=O) groups excluding carboxylic acids is 2. The van der Waals surface area contributed by atoms with Gasteiger partial charge in [0, 0.05) is 61.7 Å². The van der Waals surface area contributed by atoms with Crippen LogP contribution in [-0.4, -0.2) is 64.4 Å². The summed E-state index contributed by atoms with van der Waals surface area (Å²) in [6.45, 7) is 0.0823. The molecule has 2 amide bonds. The molecule has 1 aliphatic heterocycles. The number of ether oxygens (including phenoxy) is 1. The van der Waals surface area contributed by atoms with Gasteiger partial charge in [-0.2, -0.15) is 0 Å². The van der Waals surface area contributed by atoms with E-state index >= 15 is 0 Å². The zero-order valence-corrected chi connectivity index (χ0v) is 28.8. The lowest BCUT2D eigenvalue weighted by molar-refractivity contribution is -0.116. The van der Waals surface area contributed by atoms with Crippen molar-refractivity contribution < 1.29 is 42.1 Å². The first-order valence-corrected chi connectivity index (χ1v) is 17.2. The second-order valence-corrected chi connectivity index (χ2v) is 12.8. The van der Waals surface area contributed by atoms with Gasteiger partial charge in [-0.1, -0.05) is 54.6 Å². The normalized spacial score (nSPS) is 14.2. The molecule has 15 heteroatoms. The SMILES string of the molecule is O=C(CCN1CCC(OC(=O)Nc2ccccc2-c2ccccc2)CC1)Nc1c(F)c(F)c(CNC[C@@H](O)c2ccc(O)c3[nH]c(=O)ccc23)c(F)c1F. The van der Waals surface area contributed by atoms with Crippen molar-refractivity contribution in [1.29, 1.82) is 0 Å². The highest BCUT2D eigenvalue weighted by Crippen LogP contribution is 2.31. The topological polar surface area (TPSA) is 156 Å². The third-order valence-corrected chi connectivity index (χ3v) is 9.24. The number of carbonyl (C=O) groups is 2. The molecule has 282 valence electrons. The number of fused-ring (bicyclic) bond motifs is 1. The van der Waals surface area contributed by atoms with Crippen molar-refractivity contribution in [3.8, 4) is 16.9 Å². The quantitative estimate of drug-likeness (QED) is 0.0640. The minimum absolute atomic E-state index is 0.0795. The summed E-state index contributed by atoms with van der Waals surface area (Å²) in [6.07, 6.45) is -1.54. The van der Waals surface area contributed by atoms with Crippen molar-refractivity contribution in [3.05, 3.63) is 124 Å². The minimum atomic E-state index is -1.78. The van der Waals surface area contributed by atoms with E-state index in [4.69, 9.17) is 4.74 Å². The van der Waals surface area contributed by atoms with Gasteiger partial charge in [-0.05, 0) is 42.2 Å². The number of pyridine rings is 1. The van der Waals surface area contributed by atoms with Crippen LogP contribution in [0, 0.1) is 23.3 Å². The van der Waals surface area contributed by atoms with E-state index in [2.05, 4.69) is 15.6 Å². The van der Waals surface area contributed by atoms with E-state index in [0.717, 1.165) is 11.1 Å². The molecule has 6 N–H and O–H groups in total. The smallest absolute Gasteiger partial charge is 0.411 e. The number of halogens is 4. The molecule has 1 fully saturated rings. The van der Waals surface area contributed by atoms with E-state index in [1.54, 1.807) is 6.07 Å². The molecule has 1 saturated heterocycles. The number of amides is 2. The number of hydrogen-bond acceptors (Lipinski definition) is 8. The number of benzene rings is 4. The van der Waals surface area contributed by atoms with Gasteiger partial charge in [-0.25, -0.2) is 22.4 Å². The Balaban J connectivity index is 0.969. The van der Waals surface area contributed by atoms with Crippen molar-refractivity contribution in [3.63, 3.8) is 0 Å². The van der Waals surface area contributed by atoms with Gasteiger partial charge in [0.2, 0.25) is 11.5 Å². The number of aliphatic hydroxyl groups is 1. The predicted octanol–water partition coefficient (Wildman–Crippen LogP) is 6.32. The fraction of sp³-hybridized carbons (Fsp3) is 0.256. The molecule has 2 heterocycles. The third-order valence-electron chi connectivity index (χ3n) is 9.24.